The minimum Gasteiger partial charge on any atom is -0.412 e. The van der Waals surface area contributed by atoms with Crippen molar-refractivity contribution in [2.45, 2.75) is 0 Å². The van der Waals surface area contributed by atoms with Gasteiger partial charge >= 0.3 is 0 Å². The van der Waals surface area contributed by atoms with E-state index in [0.29, 0.717) is 0 Å². The third-order valence-corrected chi connectivity index (χ3v) is 0. The van der Waals surface area contributed by atoms with Crippen LogP contribution in [0.2, 0.25) is 0 Å². The van der Waals surface area contributed by atoms with Gasteiger partial charge in [0.25, 0.3) is 0 Å². The molecule has 5 heavy (non-hydrogen) atoms. The number of hydrogen-bond donors (Lipinski definition) is 1. The van der Waals surface area contributed by atoms with E-state index in [1.807, 2.05) is 0 Å². The molecule has 0 saturated carbocycles. The van der Waals surface area contributed by atoms with E-state index in [9.17, 15) is 0 Å². The van der Waals surface area contributed by atoms with Gasteiger partial charge in [-0.2, -0.15) is 0 Å². The van der Waals surface area contributed by atoms with Gasteiger partial charge in [0.05, 0.1) is 0 Å². The fourth-order valence-corrected chi connectivity index (χ4v) is 0. The molecule has 0 heterocycles. The van der Waals surface area contributed by atoms with Gasteiger partial charge < -0.3 is 11.6 Å². The first-order chi connectivity index (χ1) is 1.00. The molecule has 0 amide bonds. The number of nitriles is 1. The molecule has 0 aromatic rings. The van der Waals surface area contributed by atoms with Gasteiger partial charge in [-0.1, -0.05) is 0 Å². The Hall–Kier alpha value is -0.0705. The van der Waals surface area contributed by atoms with Crippen molar-refractivity contribution in [2.24, 2.45) is 0 Å². The molecule has 5 N–H and O–H groups in total. The van der Waals surface area contributed by atoms with E-state index in [1.54, 1.807) is 0 Å². The van der Waals surface area contributed by atoms with E-state index in [-0.39, 0.29) is 28.7 Å². The van der Waals surface area contributed by atoms with E-state index in [2.05, 4.69) is 6.57 Å². The Morgan fingerprint density at radius 2 is 1.20 bits per heavy atom. The molecule has 0 aromatic heterocycles. The van der Waals surface area contributed by atoms with Crippen LogP contribution >= 0.6 is 0 Å². The van der Waals surface area contributed by atoms with Gasteiger partial charge in [-0.3, -0.25) is 0 Å². The van der Waals surface area contributed by atoms with E-state index in [1.165, 1.54) is 0 Å². The smallest absolute Gasteiger partial charge is 0.0462 e. The molecule has 0 aliphatic heterocycles. The molecule has 0 saturated heterocycles. The van der Waals surface area contributed by atoms with Crippen molar-refractivity contribution >= 4 is 0 Å². The van der Waals surface area contributed by atoms with Crippen molar-refractivity contribution in [3.63, 3.8) is 0 Å². The van der Waals surface area contributed by atoms with Crippen LogP contribution in [0, 0.1) is 11.8 Å². The molecule has 34 valence electrons. The zero-order valence-corrected chi connectivity index (χ0v) is 3.69. The number of rotatable bonds is 0. The van der Waals surface area contributed by atoms with E-state index in [4.69, 9.17) is 5.26 Å². The van der Waals surface area contributed by atoms with Crippen LogP contribution < -0.4 is 6.15 Å². The Labute approximate surface area is 41.3 Å². The third-order valence-electron chi connectivity index (χ3n) is 0. The molecule has 0 aliphatic carbocycles. The third kappa shape index (κ3) is 2940. The maximum absolute atomic E-state index is 6.50. The zero-order valence-electron chi connectivity index (χ0n) is 2.59. The Morgan fingerprint density at radius 1 is 1.20 bits per heavy atom. The van der Waals surface area contributed by atoms with Crippen molar-refractivity contribution in [3.05, 3.63) is 0 Å². The minimum atomic E-state index is 0. The first-order valence-electron chi connectivity index (χ1n) is 0.258. The van der Waals surface area contributed by atoms with Crippen LogP contribution in [-0.2, 0) is 17.1 Å². The first-order valence-corrected chi connectivity index (χ1v) is 0.258. The monoisotopic (exact) mass is 118 g/mol. The van der Waals surface area contributed by atoms with E-state index >= 15 is 0 Å². The second-order valence-corrected chi connectivity index (χ2v) is 0. The van der Waals surface area contributed by atoms with E-state index in [0.717, 1.165) is 0 Å². The Bertz CT molecular complexity index is 14.4. The van der Waals surface area contributed by atoms with Gasteiger partial charge in [0.1, 0.15) is 0 Å². The van der Waals surface area contributed by atoms with Crippen LogP contribution in [0.15, 0.2) is 0 Å². The quantitative estimate of drug-likeness (QED) is 0.433. The standard InChI is InChI=1S/CHN.Fe.H3N.H2O/c1-2;;;/h1H;;1H3;1H2. The summed E-state index contributed by atoms with van der Waals surface area (Å²) in [7, 11) is 0. The molecule has 4 heteroatoms. The maximum atomic E-state index is 6.50. The largest absolute Gasteiger partial charge is 0.412 e. The molecule has 0 spiro atoms. The molecule has 0 rings (SSSR count). The second-order valence-electron chi connectivity index (χ2n) is 0. The van der Waals surface area contributed by atoms with Gasteiger partial charge in [0.15, 0.2) is 0 Å². The van der Waals surface area contributed by atoms with Crippen molar-refractivity contribution in [1.82, 2.24) is 6.15 Å². The molecule has 0 fully saturated rings. The van der Waals surface area contributed by atoms with Crippen molar-refractivity contribution in [2.75, 3.05) is 0 Å². The van der Waals surface area contributed by atoms with Crippen LogP contribution in [0.5, 0.6) is 0 Å². The summed E-state index contributed by atoms with van der Waals surface area (Å²) in [5.74, 6) is 0. The predicted molar refractivity (Wildman–Crippen MR) is 15.3 cm³/mol. The summed E-state index contributed by atoms with van der Waals surface area (Å²) in [6, 6.07) is 0. The summed E-state index contributed by atoms with van der Waals surface area (Å²) in [6.07, 6.45) is 0. The molecule has 3 nitrogen and oxygen atoms in total. The maximum Gasteiger partial charge on any atom is 0.0462 e. The zero-order chi connectivity index (χ0) is 2.00. The normalized spacial score (nSPS) is 0.400. The predicted octanol–water partition coefficient (Wildman–Crippen LogP) is -0.525. The summed E-state index contributed by atoms with van der Waals surface area (Å²) >= 11 is 0. The van der Waals surface area contributed by atoms with Crippen molar-refractivity contribution in [1.29, 1.82) is 5.26 Å². The number of nitrogens with zero attached hydrogens (tertiary/aromatic N) is 1. The Morgan fingerprint density at radius 3 is 1.20 bits per heavy atom. The average Bonchev–Trinajstić information content (AvgIpc) is 1.00. The molecule has 0 aliphatic rings. The summed E-state index contributed by atoms with van der Waals surface area (Å²) in [5, 5.41) is 6.50. The number of hydrogen-bond acceptors (Lipinski definition) is 2. The van der Waals surface area contributed by atoms with Gasteiger partial charge in [-0.25, -0.2) is 5.26 Å². The molecular formula is CH6FeN2O. The van der Waals surface area contributed by atoms with Crippen LogP contribution in [-0.4, -0.2) is 5.48 Å². The molecule has 0 aromatic carbocycles. The van der Waals surface area contributed by atoms with Crippen LogP contribution in [0.4, 0.5) is 0 Å². The van der Waals surface area contributed by atoms with Gasteiger partial charge in [-0.15, -0.1) is 0 Å². The summed E-state index contributed by atoms with van der Waals surface area (Å²) in [5.41, 5.74) is 0. The summed E-state index contributed by atoms with van der Waals surface area (Å²) < 4.78 is 0. The van der Waals surface area contributed by atoms with Crippen LogP contribution in [0.1, 0.15) is 0 Å². The minimum absolute atomic E-state index is 0. The summed E-state index contributed by atoms with van der Waals surface area (Å²) in [6.45, 7) is 3.50. The second kappa shape index (κ2) is 6780. The molecule has 0 unspecified atom stereocenters. The van der Waals surface area contributed by atoms with Crippen LogP contribution in [0.3, 0.4) is 0 Å². The Balaban J connectivity index is -0.00000000167. The summed E-state index contributed by atoms with van der Waals surface area (Å²) in [4.78, 5) is 0. The molecule has 0 radical (unpaired) electrons. The fourth-order valence-electron chi connectivity index (χ4n) is 0. The average molecular weight is 118 g/mol. The first kappa shape index (κ1) is 88.1. The van der Waals surface area contributed by atoms with Crippen molar-refractivity contribution < 1.29 is 22.5 Å². The van der Waals surface area contributed by atoms with Gasteiger partial charge in [0, 0.05) is 23.6 Å². The van der Waals surface area contributed by atoms with Crippen LogP contribution in [0.25, 0.3) is 0 Å². The Kier molecular flexibility index (Phi) is 119000. The van der Waals surface area contributed by atoms with Gasteiger partial charge in [-0.05, 0) is 0 Å². The topological polar surface area (TPSA) is 90.3 Å². The van der Waals surface area contributed by atoms with Gasteiger partial charge in [0.2, 0.25) is 0 Å². The molecule has 0 atom stereocenters. The molecule has 0 bridgehead atoms. The van der Waals surface area contributed by atoms with Crippen molar-refractivity contribution in [3.8, 4) is 6.57 Å². The molecular weight excluding hydrogens is 112 g/mol. The SMILES string of the molecule is C#N.N.O.[Fe]. The van der Waals surface area contributed by atoms with E-state index < -0.39 is 0 Å². The fraction of sp³-hybridized carbons (Fsp3) is 0.